The molecule has 0 N–H and O–H groups in total. The number of rotatable bonds is 52. The first-order chi connectivity index (χ1) is 31.5. The van der Waals surface area contributed by atoms with E-state index < -0.39 is 6.10 Å². The van der Waals surface area contributed by atoms with Crippen LogP contribution in [0.2, 0.25) is 0 Å². The van der Waals surface area contributed by atoms with Crippen LogP contribution in [0.4, 0.5) is 0 Å². The largest absolute Gasteiger partial charge is 0.462 e. The molecule has 0 fully saturated rings. The molecule has 64 heavy (non-hydrogen) atoms. The van der Waals surface area contributed by atoms with E-state index in [1.165, 1.54) is 180 Å². The van der Waals surface area contributed by atoms with Crippen molar-refractivity contribution >= 4 is 17.9 Å². The molecule has 0 aliphatic rings. The van der Waals surface area contributed by atoms with Gasteiger partial charge in [0.15, 0.2) is 6.10 Å². The van der Waals surface area contributed by atoms with Crippen LogP contribution >= 0.6 is 0 Å². The van der Waals surface area contributed by atoms with Gasteiger partial charge >= 0.3 is 17.9 Å². The molecule has 0 amide bonds. The van der Waals surface area contributed by atoms with Gasteiger partial charge in [-0.3, -0.25) is 14.4 Å². The van der Waals surface area contributed by atoms with Gasteiger partial charge in [0.25, 0.3) is 0 Å². The molecule has 0 spiro atoms. The summed E-state index contributed by atoms with van der Waals surface area (Å²) >= 11 is 0. The fraction of sp³-hybridized carbons (Fsp3) is 0.879. The van der Waals surface area contributed by atoms with E-state index in [-0.39, 0.29) is 31.1 Å². The third-order valence-electron chi connectivity index (χ3n) is 12.7. The molecule has 0 bridgehead atoms. The second-order valence-corrected chi connectivity index (χ2v) is 19.2. The highest BCUT2D eigenvalue weighted by Crippen LogP contribution is 2.17. The molecule has 6 nitrogen and oxygen atoms in total. The highest BCUT2D eigenvalue weighted by atomic mass is 16.6. The van der Waals surface area contributed by atoms with Gasteiger partial charge in [-0.25, -0.2) is 0 Å². The van der Waals surface area contributed by atoms with Crippen molar-refractivity contribution in [2.24, 2.45) is 0 Å². The Morgan fingerprint density at radius 1 is 0.312 bits per heavy atom. The summed E-state index contributed by atoms with van der Waals surface area (Å²) in [5, 5.41) is 0. The molecular formula is C58H108O6. The first kappa shape index (κ1) is 61.9. The smallest absolute Gasteiger partial charge is 0.306 e. The lowest BCUT2D eigenvalue weighted by Crippen LogP contribution is -2.30. The summed E-state index contributed by atoms with van der Waals surface area (Å²) in [5.74, 6) is -0.871. The van der Waals surface area contributed by atoms with Crippen molar-refractivity contribution in [3.8, 4) is 0 Å². The lowest BCUT2D eigenvalue weighted by molar-refractivity contribution is -0.167. The number of carbonyl (C=O) groups excluding carboxylic acids is 3. The predicted molar refractivity (Wildman–Crippen MR) is 275 cm³/mol. The monoisotopic (exact) mass is 901 g/mol. The summed E-state index contributed by atoms with van der Waals surface area (Å²) in [7, 11) is 0. The summed E-state index contributed by atoms with van der Waals surface area (Å²) < 4.78 is 16.8. The van der Waals surface area contributed by atoms with Gasteiger partial charge in [0.05, 0.1) is 0 Å². The second-order valence-electron chi connectivity index (χ2n) is 19.2. The van der Waals surface area contributed by atoms with Gasteiger partial charge in [-0.1, -0.05) is 270 Å². The van der Waals surface area contributed by atoms with Gasteiger partial charge < -0.3 is 14.2 Å². The highest BCUT2D eigenvalue weighted by molar-refractivity contribution is 5.71. The third-order valence-corrected chi connectivity index (χ3v) is 12.7. The fourth-order valence-corrected chi connectivity index (χ4v) is 8.42. The number of allylic oxidation sites excluding steroid dienone is 4. The van der Waals surface area contributed by atoms with Crippen molar-refractivity contribution in [1.29, 1.82) is 0 Å². The lowest BCUT2D eigenvalue weighted by Gasteiger charge is -2.18. The van der Waals surface area contributed by atoms with Gasteiger partial charge in [0.2, 0.25) is 0 Å². The van der Waals surface area contributed by atoms with E-state index in [4.69, 9.17) is 14.2 Å². The maximum atomic E-state index is 12.8. The standard InChI is InChI=1S/C58H108O6/c1-4-7-10-13-16-19-22-24-25-26-27-28-29-30-31-32-33-35-36-39-42-45-48-51-57(60)63-54-55(53-62-56(59)50-47-44-41-38-21-18-15-12-9-6-3)64-58(61)52-49-46-43-40-37-34-23-20-17-14-11-8-5-2/h11,14,20,23,55H,4-10,12-13,15-19,21-22,24-54H2,1-3H3/b14-11-,23-20-. The van der Waals surface area contributed by atoms with E-state index in [2.05, 4.69) is 45.1 Å². The number of hydrogen-bond acceptors (Lipinski definition) is 6. The van der Waals surface area contributed by atoms with E-state index in [1.807, 2.05) is 0 Å². The minimum Gasteiger partial charge on any atom is -0.462 e. The number of ether oxygens (including phenoxy) is 3. The zero-order chi connectivity index (χ0) is 46.5. The molecule has 0 aliphatic carbocycles. The van der Waals surface area contributed by atoms with Gasteiger partial charge in [-0.2, -0.15) is 0 Å². The van der Waals surface area contributed by atoms with Gasteiger partial charge in [0.1, 0.15) is 13.2 Å². The number of unbranched alkanes of at least 4 members (excludes halogenated alkanes) is 37. The molecule has 0 aromatic rings. The van der Waals surface area contributed by atoms with Gasteiger partial charge in [-0.05, 0) is 44.9 Å². The summed E-state index contributed by atoms with van der Waals surface area (Å²) in [6, 6.07) is 0. The normalized spacial score (nSPS) is 12.1. The zero-order valence-corrected chi connectivity index (χ0v) is 43.1. The van der Waals surface area contributed by atoms with Crippen LogP contribution in [-0.4, -0.2) is 37.2 Å². The molecule has 0 heterocycles. The SMILES string of the molecule is CCC/C=C\C/C=C\CCCCCCCC(=O)OC(COC(=O)CCCCCCCCCCCC)COC(=O)CCCCCCCCCCCCCCCCCCCCCCCCC. The van der Waals surface area contributed by atoms with Crippen LogP contribution in [0.3, 0.4) is 0 Å². The van der Waals surface area contributed by atoms with Crippen LogP contribution in [0, 0.1) is 0 Å². The summed E-state index contributed by atoms with van der Waals surface area (Å²) in [6.07, 6.45) is 61.8. The van der Waals surface area contributed by atoms with E-state index in [0.717, 1.165) is 89.9 Å². The first-order valence-electron chi connectivity index (χ1n) is 28.3. The summed E-state index contributed by atoms with van der Waals surface area (Å²) in [6.45, 7) is 6.59. The lowest BCUT2D eigenvalue weighted by atomic mass is 10.0. The topological polar surface area (TPSA) is 78.9 Å². The van der Waals surface area contributed by atoms with Gasteiger partial charge in [0, 0.05) is 19.3 Å². The number of hydrogen-bond donors (Lipinski definition) is 0. The Kier molecular flexibility index (Phi) is 51.7. The van der Waals surface area contributed by atoms with E-state index >= 15 is 0 Å². The van der Waals surface area contributed by atoms with E-state index in [0.29, 0.717) is 19.3 Å². The molecule has 0 aliphatic heterocycles. The number of esters is 3. The third kappa shape index (κ3) is 50.9. The minimum absolute atomic E-state index is 0.0720. The Morgan fingerprint density at radius 2 is 0.594 bits per heavy atom. The van der Waals surface area contributed by atoms with Crippen molar-refractivity contribution in [3.63, 3.8) is 0 Å². The molecule has 376 valence electrons. The first-order valence-corrected chi connectivity index (χ1v) is 28.3. The highest BCUT2D eigenvalue weighted by Gasteiger charge is 2.19. The fourth-order valence-electron chi connectivity index (χ4n) is 8.42. The maximum Gasteiger partial charge on any atom is 0.306 e. The molecule has 0 aromatic heterocycles. The Hall–Kier alpha value is -2.11. The molecule has 1 unspecified atom stereocenters. The van der Waals surface area contributed by atoms with Crippen molar-refractivity contribution in [2.45, 2.75) is 316 Å². The Bertz CT molecular complexity index is 1040. The molecule has 0 saturated carbocycles. The van der Waals surface area contributed by atoms with Gasteiger partial charge in [-0.15, -0.1) is 0 Å². The molecular weight excluding hydrogens is 793 g/mol. The Balaban J connectivity index is 4.18. The second kappa shape index (κ2) is 53.5. The van der Waals surface area contributed by atoms with Crippen LogP contribution in [0.5, 0.6) is 0 Å². The molecule has 1 atom stereocenters. The van der Waals surface area contributed by atoms with Crippen LogP contribution in [-0.2, 0) is 28.6 Å². The number of carbonyl (C=O) groups is 3. The van der Waals surface area contributed by atoms with Crippen LogP contribution in [0.25, 0.3) is 0 Å². The average Bonchev–Trinajstić information content (AvgIpc) is 3.29. The van der Waals surface area contributed by atoms with Crippen molar-refractivity contribution in [1.82, 2.24) is 0 Å². The molecule has 0 saturated heterocycles. The summed E-state index contributed by atoms with van der Waals surface area (Å²) in [4.78, 5) is 38.0. The van der Waals surface area contributed by atoms with Crippen molar-refractivity contribution < 1.29 is 28.6 Å². The molecule has 0 aromatic carbocycles. The average molecular weight is 901 g/mol. The quantitative estimate of drug-likeness (QED) is 0.0262. The van der Waals surface area contributed by atoms with Crippen LogP contribution in [0.15, 0.2) is 24.3 Å². The summed E-state index contributed by atoms with van der Waals surface area (Å²) in [5.41, 5.74) is 0. The molecule has 0 radical (unpaired) electrons. The van der Waals surface area contributed by atoms with Crippen LogP contribution < -0.4 is 0 Å². The van der Waals surface area contributed by atoms with E-state index in [1.54, 1.807) is 0 Å². The van der Waals surface area contributed by atoms with Crippen molar-refractivity contribution in [3.05, 3.63) is 24.3 Å². The van der Waals surface area contributed by atoms with Crippen LogP contribution in [0.1, 0.15) is 310 Å². The predicted octanol–water partition coefficient (Wildman–Crippen LogP) is 18.7. The molecule has 0 rings (SSSR count). The Morgan fingerprint density at radius 3 is 0.922 bits per heavy atom. The minimum atomic E-state index is -0.772. The maximum absolute atomic E-state index is 12.8. The Labute approximate surface area is 398 Å². The van der Waals surface area contributed by atoms with Crippen molar-refractivity contribution in [2.75, 3.05) is 13.2 Å². The zero-order valence-electron chi connectivity index (χ0n) is 43.1. The van der Waals surface area contributed by atoms with E-state index in [9.17, 15) is 14.4 Å². The molecule has 6 heteroatoms.